The first-order chi connectivity index (χ1) is 13.9. The highest BCUT2D eigenvalue weighted by Crippen LogP contribution is 2.12. The van der Waals surface area contributed by atoms with Gasteiger partial charge in [-0.05, 0) is 48.9 Å². The second-order valence-electron chi connectivity index (χ2n) is 6.87. The Labute approximate surface area is 171 Å². The van der Waals surface area contributed by atoms with E-state index in [2.05, 4.69) is 22.9 Å². The summed E-state index contributed by atoms with van der Waals surface area (Å²) in [5.74, 6) is -0.463. The van der Waals surface area contributed by atoms with Gasteiger partial charge in [0.2, 0.25) is 5.91 Å². The maximum atomic E-state index is 12.2. The Balaban J connectivity index is 1.87. The van der Waals surface area contributed by atoms with Crippen LogP contribution in [-0.2, 0) is 4.79 Å². The highest BCUT2D eigenvalue weighted by Gasteiger charge is 2.09. The summed E-state index contributed by atoms with van der Waals surface area (Å²) in [5, 5.41) is 8.65. The predicted molar refractivity (Wildman–Crippen MR) is 115 cm³/mol. The molecule has 29 heavy (non-hydrogen) atoms. The molecular weight excluding hydrogens is 368 g/mol. The van der Waals surface area contributed by atoms with E-state index in [9.17, 15) is 14.4 Å². The normalized spacial score (nSPS) is 10.2. The summed E-state index contributed by atoms with van der Waals surface area (Å²) in [5.41, 5.74) is 2.39. The molecule has 0 saturated carbocycles. The summed E-state index contributed by atoms with van der Waals surface area (Å²) >= 11 is 0. The molecule has 154 valence electrons. The number of anilines is 2. The summed E-state index contributed by atoms with van der Waals surface area (Å²) < 4.78 is 0. The monoisotopic (exact) mass is 396 g/mol. The van der Waals surface area contributed by atoms with Crippen molar-refractivity contribution in [1.82, 2.24) is 10.2 Å². The van der Waals surface area contributed by atoms with Gasteiger partial charge in [0.25, 0.3) is 11.8 Å². The molecule has 7 nitrogen and oxygen atoms in total. The van der Waals surface area contributed by atoms with Crippen molar-refractivity contribution in [3.8, 4) is 0 Å². The highest BCUT2D eigenvalue weighted by atomic mass is 16.2. The van der Waals surface area contributed by atoms with Gasteiger partial charge in [0.05, 0.1) is 6.54 Å². The summed E-state index contributed by atoms with van der Waals surface area (Å²) in [6, 6.07) is 13.8. The zero-order valence-electron chi connectivity index (χ0n) is 17.1. The molecule has 0 fully saturated rings. The van der Waals surface area contributed by atoms with Crippen LogP contribution in [0, 0.1) is 0 Å². The molecule has 0 bridgehead atoms. The average Bonchev–Trinajstić information content (AvgIpc) is 2.72. The van der Waals surface area contributed by atoms with Gasteiger partial charge in [0, 0.05) is 43.1 Å². The molecular formula is C22H28N4O3. The standard InChI is InChI=1S/C22H28N4O3/c1-4-5-13-23-21(28)17-7-6-8-19(14-17)25-20(27)15-24-18-11-9-16(10-12-18)22(29)26(2)3/h6-12,14,24H,4-5,13,15H2,1-3H3,(H,23,28)(H,25,27). The van der Waals surface area contributed by atoms with Crippen molar-refractivity contribution < 1.29 is 14.4 Å². The molecule has 0 unspecified atom stereocenters. The molecule has 7 heteroatoms. The average molecular weight is 396 g/mol. The van der Waals surface area contributed by atoms with Crippen molar-refractivity contribution in [1.29, 1.82) is 0 Å². The molecule has 2 aromatic carbocycles. The largest absolute Gasteiger partial charge is 0.376 e. The molecule has 2 aromatic rings. The quantitative estimate of drug-likeness (QED) is 0.569. The van der Waals surface area contributed by atoms with Crippen molar-refractivity contribution >= 4 is 29.1 Å². The van der Waals surface area contributed by atoms with E-state index in [4.69, 9.17) is 0 Å². The van der Waals surface area contributed by atoms with Crippen molar-refractivity contribution in [2.24, 2.45) is 0 Å². The van der Waals surface area contributed by atoms with Gasteiger partial charge in [-0.2, -0.15) is 0 Å². The van der Waals surface area contributed by atoms with E-state index in [-0.39, 0.29) is 24.3 Å². The predicted octanol–water partition coefficient (Wildman–Crippen LogP) is 2.97. The molecule has 0 aromatic heterocycles. The lowest BCUT2D eigenvalue weighted by Gasteiger charge is -2.12. The van der Waals surface area contributed by atoms with E-state index < -0.39 is 0 Å². The number of nitrogens with one attached hydrogen (secondary N) is 3. The number of benzene rings is 2. The zero-order chi connectivity index (χ0) is 21.2. The van der Waals surface area contributed by atoms with Crippen LogP contribution >= 0.6 is 0 Å². The fourth-order valence-corrected chi connectivity index (χ4v) is 2.60. The van der Waals surface area contributed by atoms with Gasteiger partial charge < -0.3 is 20.9 Å². The van der Waals surface area contributed by atoms with E-state index in [0.717, 1.165) is 18.5 Å². The van der Waals surface area contributed by atoms with Crippen LogP contribution in [0.5, 0.6) is 0 Å². The maximum absolute atomic E-state index is 12.2. The maximum Gasteiger partial charge on any atom is 0.253 e. The molecule has 3 amide bonds. The molecule has 0 aliphatic carbocycles. The molecule has 0 aliphatic heterocycles. The van der Waals surface area contributed by atoms with Gasteiger partial charge >= 0.3 is 0 Å². The Morgan fingerprint density at radius 2 is 1.66 bits per heavy atom. The first kappa shape index (κ1) is 21.9. The second-order valence-corrected chi connectivity index (χ2v) is 6.87. The third-order valence-electron chi connectivity index (χ3n) is 4.22. The van der Waals surface area contributed by atoms with Gasteiger partial charge in [-0.1, -0.05) is 19.4 Å². The van der Waals surface area contributed by atoms with Crippen LogP contribution in [0.15, 0.2) is 48.5 Å². The molecule has 0 atom stereocenters. The Morgan fingerprint density at radius 1 is 0.931 bits per heavy atom. The topological polar surface area (TPSA) is 90.5 Å². The molecule has 2 rings (SSSR count). The van der Waals surface area contributed by atoms with Crippen molar-refractivity contribution in [3.63, 3.8) is 0 Å². The zero-order valence-corrected chi connectivity index (χ0v) is 17.1. The van der Waals surface area contributed by atoms with Crippen LogP contribution < -0.4 is 16.0 Å². The number of unbranched alkanes of at least 4 members (excludes halogenated alkanes) is 1. The van der Waals surface area contributed by atoms with Crippen molar-refractivity contribution in [2.45, 2.75) is 19.8 Å². The lowest BCUT2D eigenvalue weighted by atomic mass is 10.2. The van der Waals surface area contributed by atoms with E-state index in [1.807, 2.05) is 0 Å². The first-order valence-corrected chi connectivity index (χ1v) is 9.64. The van der Waals surface area contributed by atoms with Crippen molar-refractivity contribution in [2.75, 3.05) is 37.8 Å². The highest BCUT2D eigenvalue weighted by molar-refractivity contribution is 5.98. The van der Waals surface area contributed by atoms with Crippen molar-refractivity contribution in [3.05, 3.63) is 59.7 Å². The smallest absolute Gasteiger partial charge is 0.253 e. The summed E-state index contributed by atoms with van der Waals surface area (Å²) in [6.07, 6.45) is 1.94. The van der Waals surface area contributed by atoms with Crippen LogP contribution in [-0.4, -0.2) is 49.8 Å². The molecule has 0 radical (unpaired) electrons. The van der Waals surface area contributed by atoms with Crippen LogP contribution in [0.25, 0.3) is 0 Å². The Hall–Kier alpha value is -3.35. The number of carbonyl (C=O) groups excluding carboxylic acids is 3. The Kier molecular flexibility index (Phi) is 8.21. The van der Waals surface area contributed by atoms with E-state index >= 15 is 0 Å². The van der Waals surface area contributed by atoms with E-state index in [0.29, 0.717) is 23.4 Å². The van der Waals surface area contributed by atoms with Gasteiger partial charge in [-0.3, -0.25) is 14.4 Å². The number of hydrogen-bond acceptors (Lipinski definition) is 4. The molecule has 0 aliphatic rings. The van der Waals surface area contributed by atoms with Gasteiger partial charge in [-0.15, -0.1) is 0 Å². The van der Waals surface area contributed by atoms with Crippen LogP contribution in [0.4, 0.5) is 11.4 Å². The van der Waals surface area contributed by atoms with Gasteiger partial charge in [-0.25, -0.2) is 0 Å². The Morgan fingerprint density at radius 3 is 2.31 bits per heavy atom. The van der Waals surface area contributed by atoms with Crippen LogP contribution in [0.2, 0.25) is 0 Å². The minimum atomic E-state index is -0.234. The van der Waals surface area contributed by atoms with Gasteiger partial charge in [0.1, 0.15) is 0 Å². The second kappa shape index (κ2) is 10.8. The molecule has 0 heterocycles. The number of hydrogen-bond donors (Lipinski definition) is 3. The fourth-order valence-electron chi connectivity index (χ4n) is 2.60. The van der Waals surface area contributed by atoms with E-state index in [1.54, 1.807) is 62.6 Å². The fraction of sp³-hybridized carbons (Fsp3) is 0.318. The SMILES string of the molecule is CCCCNC(=O)c1cccc(NC(=O)CNc2ccc(C(=O)N(C)C)cc2)c1. The van der Waals surface area contributed by atoms with Crippen LogP contribution in [0.1, 0.15) is 40.5 Å². The van der Waals surface area contributed by atoms with Crippen LogP contribution in [0.3, 0.4) is 0 Å². The Bertz CT molecular complexity index is 847. The number of carbonyl (C=O) groups is 3. The molecule has 0 spiro atoms. The molecule has 3 N–H and O–H groups in total. The number of amides is 3. The third kappa shape index (κ3) is 6.95. The minimum Gasteiger partial charge on any atom is -0.376 e. The van der Waals surface area contributed by atoms with E-state index in [1.165, 1.54) is 4.90 Å². The van der Waals surface area contributed by atoms with Gasteiger partial charge in [0.15, 0.2) is 0 Å². The summed E-state index contributed by atoms with van der Waals surface area (Å²) in [7, 11) is 3.39. The lowest BCUT2D eigenvalue weighted by Crippen LogP contribution is -2.25. The minimum absolute atomic E-state index is 0.0634. The number of nitrogens with zero attached hydrogens (tertiary/aromatic N) is 1. The first-order valence-electron chi connectivity index (χ1n) is 9.64. The summed E-state index contributed by atoms with van der Waals surface area (Å²) in [6.45, 7) is 2.76. The number of rotatable bonds is 9. The lowest BCUT2D eigenvalue weighted by molar-refractivity contribution is -0.114. The third-order valence-corrected chi connectivity index (χ3v) is 4.22. The summed E-state index contributed by atoms with van der Waals surface area (Å²) in [4.78, 5) is 37.7. The molecule has 0 saturated heterocycles.